The standard InChI is InChI=1S/C20H18BrNO3S2/c1-3-25-16-9-14(8-15(21)18(16)23)10-17-19(24)22(20(26)27-17)11-13-6-4-12(2)5-7-13/h4-10,23H,3,11H2,1-2H3/b17-10-. The number of amides is 1. The van der Waals surface area contributed by atoms with E-state index in [1.165, 1.54) is 17.3 Å². The van der Waals surface area contributed by atoms with Crippen LogP contribution in [0.4, 0.5) is 0 Å². The van der Waals surface area contributed by atoms with Crippen LogP contribution in [0.25, 0.3) is 6.08 Å². The van der Waals surface area contributed by atoms with Crippen molar-refractivity contribution in [3.8, 4) is 11.5 Å². The summed E-state index contributed by atoms with van der Waals surface area (Å²) in [6, 6.07) is 11.5. The Morgan fingerprint density at radius 1 is 1.30 bits per heavy atom. The van der Waals surface area contributed by atoms with Crippen LogP contribution in [0.5, 0.6) is 11.5 Å². The van der Waals surface area contributed by atoms with Gasteiger partial charge in [0.2, 0.25) is 0 Å². The maximum Gasteiger partial charge on any atom is 0.266 e. The highest BCUT2D eigenvalue weighted by molar-refractivity contribution is 9.10. The molecule has 140 valence electrons. The first-order valence-electron chi connectivity index (χ1n) is 8.35. The molecule has 1 aliphatic rings. The fourth-order valence-corrected chi connectivity index (χ4v) is 4.32. The molecule has 1 saturated heterocycles. The first kappa shape index (κ1) is 19.9. The molecule has 3 rings (SSSR count). The Bertz CT molecular complexity index is 926. The molecule has 0 unspecified atom stereocenters. The van der Waals surface area contributed by atoms with E-state index in [9.17, 15) is 9.90 Å². The molecule has 0 aromatic heterocycles. The number of phenolic OH excluding ortho intramolecular Hbond substituents is 1. The zero-order chi connectivity index (χ0) is 19.6. The molecule has 0 atom stereocenters. The van der Waals surface area contributed by atoms with Crippen molar-refractivity contribution in [1.82, 2.24) is 4.90 Å². The number of rotatable bonds is 5. The number of aromatic hydroxyl groups is 1. The number of aryl methyl sites for hydroxylation is 1. The number of benzene rings is 2. The number of carbonyl (C=O) groups excluding carboxylic acids is 1. The molecule has 1 fully saturated rings. The Morgan fingerprint density at radius 2 is 2.00 bits per heavy atom. The Balaban J connectivity index is 1.85. The molecule has 2 aromatic rings. The number of carbonyl (C=O) groups is 1. The van der Waals surface area contributed by atoms with E-state index in [-0.39, 0.29) is 11.7 Å². The summed E-state index contributed by atoms with van der Waals surface area (Å²) < 4.78 is 6.49. The van der Waals surface area contributed by atoms with Crippen LogP contribution in [0, 0.1) is 6.92 Å². The van der Waals surface area contributed by atoms with Crippen molar-refractivity contribution in [2.45, 2.75) is 20.4 Å². The van der Waals surface area contributed by atoms with Gasteiger partial charge in [-0.3, -0.25) is 9.69 Å². The zero-order valence-electron chi connectivity index (χ0n) is 14.9. The smallest absolute Gasteiger partial charge is 0.266 e. The third-order valence-corrected chi connectivity index (χ3v) is 5.97. The van der Waals surface area contributed by atoms with Crippen molar-refractivity contribution < 1.29 is 14.6 Å². The number of hydrogen-bond acceptors (Lipinski definition) is 5. The highest BCUT2D eigenvalue weighted by atomic mass is 79.9. The average Bonchev–Trinajstić information content (AvgIpc) is 2.88. The normalized spacial score (nSPS) is 15.7. The summed E-state index contributed by atoms with van der Waals surface area (Å²) in [5, 5.41) is 10.0. The third kappa shape index (κ3) is 4.54. The second kappa shape index (κ2) is 8.46. The summed E-state index contributed by atoms with van der Waals surface area (Å²) in [5.74, 6) is 0.293. The maximum atomic E-state index is 12.8. The van der Waals surface area contributed by atoms with Crippen molar-refractivity contribution in [2.75, 3.05) is 6.61 Å². The van der Waals surface area contributed by atoms with E-state index >= 15 is 0 Å². The van der Waals surface area contributed by atoms with E-state index in [4.69, 9.17) is 17.0 Å². The molecule has 0 radical (unpaired) electrons. The minimum atomic E-state index is -0.118. The number of halogens is 1. The van der Waals surface area contributed by atoms with Gasteiger partial charge in [0.25, 0.3) is 5.91 Å². The van der Waals surface area contributed by atoms with Gasteiger partial charge in [-0.2, -0.15) is 0 Å². The predicted molar refractivity (Wildman–Crippen MR) is 117 cm³/mol. The van der Waals surface area contributed by atoms with Gasteiger partial charge in [0.05, 0.1) is 22.5 Å². The first-order chi connectivity index (χ1) is 12.9. The van der Waals surface area contributed by atoms with Crippen molar-refractivity contribution >= 4 is 56.2 Å². The fraction of sp³-hybridized carbons (Fsp3) is 0.200. The van der Waals surface area contributed by atoms with Gasteiger partial charge in [0.15, 0.2) is 11.5 Å². The van der Waals surface area contributed by atoms with Crippen LogP contribution < -0.4 is 4.74 Å². The van der Waals surface area contributed by atoms with Gasteiger partial charge in [-0.05, 0) is 59.1 Å². The Morgan fingerprint density at radius 3 is 2.67 bits per heavy atom. The van der Waals surface area contributed by atoms with Gasteiger partial charge in [0.1, 0.15) is 4.32 Å². The van der Waals surface area contributed by atoms with E-state index in [1.54, 1.807) is 23.1 Å². The van der Waals surface area contributed by atoms with E-state index < -0.39 is 0 Å². The lowest BCUT2D eigenvalue weighted by Crippen LogP contribution is -2.27. The molecule has 1 heterocycles. The summed E-state index contributed by atoms with van der Waals surface area (Å²) >= 11 is 10.00. The second-order valence-corrected chi connectivity index (χ2v) is 8.57. The predicted octanol–water partition coefficient (Wildman–Crippen LogP) is 5.26. The molecule has 1 amide bonds. The first-order valence-corrected chi connectivity index (χ1v) is 10.4. The lowest BCUT2D eigenvalue weighted by atomic mass is 10.1. The topological polar surface area (TPSA) is 49.8 Å². The number of thiocarbonyl (C=S) groups is 1. The van der Waals surface area contributed by atoms with E-state index in [0.717, 1.165) is 11.1 Å². The van der Waals surface area contributed by atoms with Gasteiger partial charge in [-0.25, -0.2) is 0 Å². The number of ether oxygens (including phenoxy) is 1. The van der Waals surface area contributed by atoms with Crippen LogP contribution in [-0.4, -0.2) is 26.8 Å². The second-order valence-electron chi connectivity index (χ2n) is 6.04. The molecule has 7 heteroatoms. The lowest BCUT2D eigenvalue weighted by molar-refractivity contribution is -0.122. The van der Waals surface area contributed by atoms with Crippen LogP contribution in [-0.2, 0) is 11.3 Å². The van der Waals surface area contributed by atoms with Crippen molar-refractivity contribution in [1.29, 1.82) is 0 Å². The Labute approximate surface area is 176 Å². The number of nitrogens with zero attached hydrogens (tertiary/aromatic N) is 1. The molecular formula is C20H18BrNO3S2. The number of phenols is 1. The van der Waals surface area contributed by atoms with Crippen LogP contribution in [0.15, 0.2) is 45.8 Å². The highest BCUT2D eigenvalue weighted by Crippen LogP contribution is 2.38. The van der Waals surface area contributed by atoms with Crippen molar-refractivity contribution in [2.24, 2.45) is 0 Å². The molecule has 4 nitrogen and oxygen atoms in total. The van der Waals surface area contributed by atoms with E-state index in [2.05, 4.69) is 15.9 Å². The molecule has 0 bridgehead atoms. The van der Waals surface area contributed by atoms with Gasteiger partial charge in [-0.1, -0.05) is 53.8 Å². The molecule has 2 aromatic carbocycles. The summed E-state index contributed by atoms with van der Waals surface area (Å²) in [5.41, 5.74) is 2.95. The zero-order valence-corrected chi connectivity index (χ0v) is 18.1. The third-order valence-electron chi connectivity index (χ3n) is 3.98. The lowest BCUT2D eigenvalue weighted by Gasteiger charge is -2.14. The van der Waals surface area contributed by atoms with Crippen LogP contribution in [0.3, 0.4) is 0 Å². The van der Waals surface area contributed by atoms with E-state index in [0.29, 0.717) is 32.6 Å². The molecule has 1 aliphatic heterocycles. The van der Waals surface area contributed by atoms with Crippen molar-refractivity contribution in [3.05, 3.63) is 62.5 Å². The number of hydrogen-bond donors (Lipinski definition) is 1. The van der Waals surface area contributed by atoms with Gasteiger partial charge in [-0.15, -0.1) is 0 Å². The number of thioether (sulfide) groups is 1. The molecule has 0 aliphatic carbocycles. The summed E-state index contributed by atoms with van der Waals surface area (Å²) in [4.78, 5) is 15.0. The van der Waals surface area contributed by atoms with Gasteiger partial charge < -0.3 is 9.84 Å². The van der Waals surface area contributed by atoms with E-state index in [1.807, 2.05) is 38.1 Å². The minimum absolute atomic E-state index is 0.0425. The summed E-state index contributed by atoms with van der Waals surface area (Å²) in [7, 11) is 0. The van der Waals surface area contributed by atoms with Crippen molar-refractivity contribution in [3.63, 3.8) is 0 Å². The van der Waals surface area contributed by atoms with Gasteiger partial charge >= 0.3 is 0 Å². The van der Waals surface area contributed by atoms with Crippen LogP contribution >= 0.6 is 39.9 Å². The van der Waals surface area contributed by atoms with Gasteiger partial charge in [0, 0.05) is 0 Å². The fourth-order valence-electron chi connectivity index (χ4n) is 2.61. The Kier molecular flexibility index (Phi) is 6.24. The summed E-state index contributed by atoms with van der Waals surface area (Å²) in [6.07, 6.45) is 1.77. The largest absolute Gasteiger partial charge is 0.503 e. The quantitative estimate of drug-likeness (QED) is 0.483. The van der Waals surface area contributed by atoms with Crippen LogP contribution in [0.1, 0.15) is 23.6 Å². The minimum Gasteiger partial charge on any atom is -0.503 e. The average molecular weight is 464 g/mol. The molecule has 0 saturated carbocycles. The molecule has 27 heavy (non-hydrogen) atoms. The highest BCUT2D eigenvalue weighted by Gasteiger charge is 2.32. The SMILES string of the molecule is CCOc1cc(/C=C2\SC(=S)N(Cc3ccc(C)cc3)C2=O)cc(Br)c1O. The monoisotopic (exact) mass is 463 g/mol. The Hall–Kier alpha value is -1.83. The molecule has 1 N–H and O–H groups in total. The molecular weight excluding hydrogens is 446 g/mol. The maximum absolute atomic E-state index is 12.8. The molecule has 0 spiro atoms. The van der Waals surface area contributed by atoms with Crippen LogP contribution in [0.2, 0.25) is 0 Å². The summed E-state index contributed by atoms with van der Waals surface area (Å²) in [6.45, 7) is 4.75.